The van der Waals surface area contributed by atoms with Gasteiger partial charge in [-0.15, -0.1) is 0 Å². The molecule has 3 rings (SSSR count). The van der Waals surface area contributed by atoms with Crippen LogP contribution < -0.4 is 15.2 Å². The van der Waals surface area contributed by atoms with E-state index in [9.17, 15) is 0 Å². The first-order valence-electron chi connectivity index (χ1n) is 7.82. The summed E-state index contributed by atoms with van der Waals surface area (Å²) in [6.07, 6.45) is 0.596. The van der Waals surface area contributed by atoms with Gasteiger partial charge in [0.15, 0.2) is 11.5 Å². The standard InChI is InChI=1S/C19H21N3O2/c1-19(2,24-17-11-7-6-10-16(17)23-3)12-15-13-8-4-5-9-14(13)21-18(20)22-15/h4-11H,12H2,1-3H3,(H2,20,21,22). The summed E-state index contributed by atoms with van der Waals surface area (Å²) in [5.74, 6) is 1.69. The van der Waals surface area contributed by atoms with Crippen LogP contribution in [0.4, 0.5) is 5.95 Å². The van der Waals surface area contributed by atoms with Gasteiger partial charge in [0.25, 0.3) is 0 Å². The Balaban J connectivity index is 1.92. The third-order valence-electron chi connectivity index (χ3n) is 3.75. The summed E-state index contributed by atoms with van der Waals surface area (Å²) in [7, 11) is 1.63. The second-order valence-corrected chi connectivity index (χ2v) is 6.24. The van der Waals surface area contributed by atoms with Crippen molar-refractivity contribution in [2.75, 3.05) is 12.8 Å². The molecule has 5 heteroatoms. The number of hydrogen-bond acceptors (Lipinski definition) is 5. The van der Waals surface area contributed by atoms with Crippen LogP contribution in [0.3, 0.4) is 0 Å². The molecule has 0 saturated heterocycles. The van der Waals surface area contributed by atoms with Gasteiger partial charge < -0.3 is 15.2 Å². The van der Waals surface area contributed by atoms with Crippen molar-refractivity contribution in [3.63, 3.8) is 0 Å². The average molecular weight is 323 g/mol. The Morgan fingerprint density at radius 1 is 0.958 bits per heavy atom. The van der Waals surface area contributed by atoms with Gasteiger partial charge >= 0.3 is 0 Å². The summed E-state index contributed by atoms with van der Waals surface area (Å²) < 4.78 is 11.6. The molecule has 2 aromatic carbocycles. The summed E-state index contributed by atoms with van der Waals surface area (Å²) in [5.41, 5.74) is 7.08. The van der Waals surface area contributed by atoms with Crippen LogP contribution in [0.1, 0.15) is 19.5 Å². The van der Waals surface area contributed by atoms with Gasteiger partial charge in [0.2, 0.25) is 5.95 Å². The molecule has 0 aliphatic rings. The Bertz CT molecular complexity index is 862. The predicted octanol–water partition coefficient (Wildman–Crippen LogP) is 3.62. The van der Waals surface area contributed by atoms with Gasteiger partial charge in [0.1, 0.15) is 5.60 Å². The van der Waals surface area contributed by atoms with Crippen LogP contribution >= 0.6 is 0 Å². The van der Waals surface area contributed by atoms with Crippen molar-refractivity contribution in [3.8, 4) is 11.5 Å². The highest BCUT2D eigenvalue weighted by Crippen LogP contribution is 2.31. The van der Waals surface area contributed by atoms with Crippen LogP contribution in [0, 0.1) is 0 Å². The molecule has 2 N–H and O–H groups in total. The fraction of sp³-hybridized carbons (Fsp3) is 0.263. The minimum atomic E-state index is -0.488. The van der Waals surface area contributed by atoms with Crippen LogP contribution in [-0.4, -0.2) is 22.7 Å². The van der Waals surface area contributed by atoms with E-state index >= 15 is 0 Å². The molecule has 5 nitrogen and oxygen atoms in total. The second kappa shape index (κ2) is 6.35. The zero-order chi connectivity index (χ0) is 17.2. The van der Waals surface area contributed by atoms with Gasteiger partial charge in [-0.2, -0.15) is 0 Å². The number of benzene rings is 2. The Labute approximate surface area is 141 Å². The van der Waals surface area contributed by atoms with E-state index in [0.29, 0.717) is 17.9 Å². The van der Waals surface area contributed by atoms with E-state index in [2.05, 4.69) is 9.97 Å². The molecule has 3 aromatic rings. The molecule has 0 saturated carbocycles. The first-order chi connectivity index (χ1) is 11.5. The summed E-state index contributed by atoms with van der Waals surface area (Å²) in [6, 6.07) is 15.5. The van der Waals surface area contributed by atoms with Crippen LogP contribution in [0.2, 0.25) is 0 Å². The fourth-order valence-electron chi connectivity index (χ4n) is 2.74. The molecule has 0 fully saturated rings. The maximum atomic E-state index is 6.19. The Kier molecular flexibility index (Phi) is 4.25. The topological polar surface area (TPSA) is 70.3 Å². The lowest BCUT2D eigenvalue weighted by Crippen LogP contribution is -2.31. The van der Waals surface area contributed by atoms with Crippen molar-refractivity contribution >= 4 is 16.9 Å². The number of anilines is 1. The van der Waals surface area contributed by atoms with Crippen LogP contribution in [-0.2, 0) is 6.42 Å². The molecular weight excluding hydrogens is 302 g/mol. The molecule has 1 heterocycles. The minimum absolute atomic E-state index is 0.275. The molecule has 0 radical (unpaired) electrons. The SMILES string of the molecule is COc1ccccc1OC(C)(C)Cc1nc(N)nc2ccccc12. The summed E-state index contributed by atoms with van der Waals surface area (Å²) in [4.78, 5) is 8.71. The third-order valence-corrected chi connectivity index (χ3v) is 3.75. The summed E-state index contributed by atoms with van der Waals surface area (Å²) >= 11 is 0. The maximum absolute atomic E-state index is 6.19. The molecule has 0 atom stereocenters. The number of para-hydroxylation sites is 3. The molecule has 124 valence electrons. The molecule has 0 aliphatic carbocycles. The quantitative estimate of drug-likeness (QED) is 0.776. The number of nitrogen functional groups attached to an aromatic ring is 1. The smallest absolute Gasteiger partial charge is 0.220 e. The van der Waals surface area contributed by atoms with E-state index < -0.39 is 5.60 Å². The van der Waals surface area contributed by atoms with Crippen molar-refractivity contribution in [1.29, 1.82) is 0 Å². The predicted molar refractivity (Wildman–Crippen MR) is 95.4 cm³/mol. The summed E-state index contributed by atoms with van der Waals surface area (Å²) in [6.45, 7) is 4.04. The lowest BCUT2D eigenvalue weighted by Gasteiger charge is -2.27. The minimum Gasteiger partial charge on any atom is -0.493 e. The van der Waals surface area contributed by atoms with E-state index in [1.807, 2.05) is 62.4 Å². The fourth-order valence-corrected chi connectivity index (χ4v) is 2.74. The number of hydrogen-bond donors (Lipinski definition) is 1. The van der Waals surface area contributed by atoms with Crippen molar-refractivity contribution in [1.82, 2.24) is 9.97 Å². The second-order valence-electron chi connectivity index (χ2n) is 6.24. The molecular formula is C19H21N3O2. The zero-order valence-electron chi connectivity index (χ0n) is 14.1. The van der Waals surface area contributed by atoms with Crippen LogP contribution in [0.15, 0.2) is 48.5 Å². The Morgan fingerprint density at radius 2 is 1.62 bits per heavy atom. The molecule has 0 bridgehead atoms. The lowest BCUT2D eigenvalue weighted by atomic mass is 9.99. The van der Waals surface area contributed by atoms with Gasteiger partial charge in [0.05, 0.1) is 18.3 Å². The van der Waals surface area contributed by atoms with Gasteiger partial charge in [-0.05, 0) is 32.0 Å². The summed E-state index contributed by atoms with van der Waals surface area (Å²) in [5, 5.41) is 0.989. The number of methoxy groups -OCH3 is 1. The lowest BCUT2D eigenvalue weighted by molar-refractivity contribution is 0.105. The van der Waals surface area contributed by atoms with Gasteiger partial charge in [-0.25, -0.2) is 9.97 Å². The molecule has 24 heavy (non-hydrogen) atoms. The Morgan fingerprint density at radius 3 is 2.38 bits per heavy atom. The van der Waals surface area contributed by atoms with Crippen molar-refractivity contribution < 1.29 is 9.47 Å². The van der Waals surface area contributed by atoms with Gasteiger partial charge in [-0.3, -0.25) is 0 Å². The number of ether oxygens (including phenoxy) is 2. The molecule has 0 spiro atoms. The first-order valence-corrected chi connectivity index (χ1v) is 7.82. The Hall–Kier alpha value is -2.82. The van der Waals surface area contributed by atoms with Crippen molar-refractivity contribution in [2.24, 2.45) is 0 Å². The van der Waals surface area contributed by atoms with E-state index in [0.717, 1.165) is 16.6 Å². The molecule has 0 aliphatic heterocycles. The third kappa shape index (κ3) is 3.40. The van der Waals surface area contributed by atoms with E-state index in [1.54, 1.807) is 7.11 Å². The van der Waals surface area contributed by atoms with Crippen molar-refractivity contribution in [3.05, 3.63) is 54.2 Å². The number of aromatic nitrogens is 2. The maximum Gasteiger partial charge on any atom is 0.220 e. The van der Waals surface area contributed by atoms with Gasteiger partial charge in [0, 0.05) is 11.8 Å². The average Bonchev–Trinajstić information content (AvgIpc) is 2.54. The largest absolute Gasteiger partial charge is 0.493 e. The number of nitrogens with two attached hydrogens (primary N) is 1. The van der Waals surface area contributed by atoms with E-state index in [4.69, 9.17) is 15.2 Å². The molecule has 0 amide bonds. The molecule has 1 aromatic heterocycles. The highest BCUT2D eigenvalue weighted by atomic mass is 16.5. The van der Waals surface area contributed by atoms with E-state index in [1.165, 1.54) is 0 Å². The first kappa shape index (κ1) is 16.1. The number of rotatable bonds is 5. The normalized spacial score (nSPS) is 11.5. The van der Waals surface area contributed by atoms with E-state index in [-0.39, 0.29) is 5.95 Å². The highest BCUT2D eigenvalue weighted by molar-refractivity contribution is 5.81. The number of fused-ring (bicyclic) bond motifs is 1. The monoisotopic (exact) mass is 323 g/mol. The van der Waals surface area contributed by atoms with Crippen LogP contribution in [0.5, 0.6) is 11.5 Å². The van der Waals surface area contributed by atoms with Crippen molar-refractivity contribution in [2.45, 2.75) is 25.9 Å². The van der Waals surface area contributed by atoms with Crippen LogP contribution in [0.25, 0.3) is 10.9 Å². The number of nitrogens with zero attached hydrogens (tertiary/aromatic N) is 2. The van der Waals surface area contributed by atoms with Gasteiger partial charge in [-0.1, -0.05) is 30.3 Å². The zero-order valence-corrected chi connectivity index (χ0v) is 14.1. The molecule has 0 unspecified atom stereocenters. The highest BCUT2D eigenvalue weighted by Gasteiger charge is 2.24.